The highest BCUT2D eigenvalue weighted by molar-refractivity contribution is 6.11. The van der Waals surface area contributed by atoms with Crippen molar-refractivity contribution in [2.45, 2.75) is 206 Å². The van der Waals surface area contributed by atoms with E-state index in [0.717, 1.165) is 77.0 Å². The molecule has 0 heterocycles. The van der Waals surface area contributed by atoms with E-state index in [9.17, 15) is 29.7 Å². The van der Waals surface area contributed by atoms with Crippen LogP contribution in [0.1, 0.15) is 197 Å². The SMILES string of the molecule is [2H]CCCCCCCCCCCCCCC(=O)C(O)(C(=O)CCCCCCCCCCCCCC[2H])C(C)(C)[C@@H](O)C(=O)O. The minimum Gasteiger partial charge on any atom is -0.479 e. The summed E-state index contributed by atoms with van der Waals surface area (Å²) in [5.74, 6) is -2.93. The smallest absolute Gasteiger partial charge is 0.333 e. The first-order valence-electron chi connectivity index (χ1n) is 18.8. The van der Waals surface area contributed by atoms with Crippen LogP contribution < -0.4 is 0 Å². The highest BCUT2D eigenvalue weighted by Crippen LogP contribution is 2.39. The number of ketones is 2. The van der Waals surface area contributed by atoms with Crippen molar-refractivity contribution in [1.29, 1.82) is 0 Å². The number of carboxylic acids is 1. The number of carbonyl (C=O) groups excluding carboxylic acids is 2. The maximum atomic E-state index is 13.3. The third kappa shape index (κ3) is 16.5. The van der Waals surface area contributed by atoms with Gasteiger partial charge in [0.15, 0.2) is 23.3 Å². The third-order valence-electron chi connectivity index (χ3n) is 8.96. The molecule has 6 heteroatoms. The number of aliphatic hydroxyl groups excluding tert-OH is 1. The van der Waals surface area contributed by atoms with E-state index in [4.69, 9.17) is 2.74 Å². The van der Waals surface area contributed by atoms with E-state index in [1.807, 2.05) is 0 Å². The Hall–Kier alpha value is -1.27. The molecule has 0 aliphatic carbocycles. The van der Waals surface area contributed by atoms with Gasteiger partial charge in [-0.25, -0.2) is 4.79 Å². The number of hydrogen-bond donors (Lipinski definition) is 3. The van der Waals surface area contributed by atoms with E-state index < -0.39 is 34.7 Å². The van der Waals surface area contributed by atoms with Crippen molar-refractivity contribution in [2.24, 2.45) is 5.41 Å². The lowest BCUT2D eigenvalue weighted by atomic mass is 9.65. The Morgan fingerprint density at radius 1 is 0.548 bits per heavy atom. The van der Waals surface area contributed by atoms with Gasteiger partial charge in [-0.2, -0.15) is 0 Å². The molecule has 42 heavy (non-hydrogen) atoms. The van der Waals surface area contributed by atoms with Gasteiger partial charge in [-0.05, 0) is 12.8 Å². The molecule has 0 aromatic carbocycles. The first-order valence-corrected chi connectivity index (χ1v) is 17.4. The van der Waals surface area contributed by atoms with Gasteiger partial charge in [0.2, 0.25) is 0 Å². The number of unbranched alkanes of at least 4 members (excludes halogenated alkanes) is 22. The van der Waals surface area contributed by atoms with E-state index in [2.05, 4.69) is 0 Å². The number of aliphatic carboxylic acids is 1. The van der Waals surface area contributed by atoms with Gasteiger partial charge in [0, 0.05) is 21.0 Å². The molecule has 0 aliphatic heterocycles. The fraction of sp³-hybridized carbons (Fsp3) is 0.917. The van der Waals surface area contributed by atoms with Crippen LogP contribution >= 0.6 is 0 Å². The van der Waals surface area contributed by atoms with Crippen LogP contribution in [0.2, 0.25) is 0 Å². The number of Topliss-reactive ketones (excluding diaryl/α,β-unsaturated/α-hetero) is 2. The molecular formula is C36H68O6. The maximum Gasteiger partial charge on any atom is 0.333 e. The van der Waals surface area contributed by atoms with Gasteiger partial charge >= 0.3 is 5.97 Å². The molecule has 0 amide bonds. The fourth-order valence-corrected chi connectivity index (χ4v) is 5.85. The van der Waals surface area contributed by atoms with Crippen molar-refractivity contribution >= 4 is 17.5 Å². The summed E-state index contributed by atoms with van der Waals surface area (Å²) in [7, 11) is 0. The van der Waals surface area contributed by atoms with Gasteiger partial charge in [-0.3, -0.25) is 9.59 Å². The average Bonchev–Trinajstić information content (AvgIpc) is 3.00. The van der Waals surface area contributed by atoms with E-state index in [1.54, 1.807) is 0 Å². The monoisotopic (exact) mass is 599 g/mol. The molecule has 0 saturated heterocycles. The van der Waals surface area contributed by atoms with Gasteiger partial charge in [0.25, 0.3) is 0 Å². The molecular weight excluding hydrogens is 528 g/mol. The largest absolute Gasteiger partial charge is 0.479 e. The molecule has 0 aromatic heterocycles. The second kappa shape index (κ2) is 25.1. The summed E-state index contributed by atoms with van der Waals surface area (Å²) in [4.78, 5) is 38.3. The van der Waals surface area contributed by atoms with Crippen LogP contribution in [0.25, 0.3) is 0 Å². The molecule has 1 atom stereocenters. The van der Waals surface area contributed by atoms with Crippen LogP contribution in [0.4, 0.5) is 0 Å². The molecule has 0 fully saturated rings. The van der Waals surface area contributed by atoms with Crippen molar-refractivity contribution in [3.63, 3.8) is 0 Å². The molecule has 0 spiro atoms. The fourth-order valence-electron chi connectivity index (χ4n) is 5.85. The number of hydrogen-bond acceptors (Lipinski definition) is 5. The normalized spacial score (nSPS) is 13.5. The van der Waals surface area contributed by atoms with E-state index in [0.29, 0.717) is 26.6 Å². The lowest BCUT2D eigenvalue weighted by Crippen LogP contribution is -2.63. The topological polar surface area (TPSA) is 112 Å². The summed E-state index contributed by atoms with van der Waals surface area (Å²) in [6.07, 6.45) is 23.5. The van der Waals surface area contributed by atoms with Gasteiger partial charge in [-0.1, -0.05) is 169 Å². The van der Waals surface area contributed by atoms with Gasteiger partial charge < -0.3 is 15.3 Å². The standard InChI is InChI=1S/C36H68O6/c1-5-7-9-11-13-15-17-19-21-23-25-27-29-31(37)36(42,35(3,4)33(39)34(40)41)32(38)30-28-26-24-22-20-18-16-14-12-10-8-6-2/h33,39,42H,5-30H2,1-4H3,(H,40,41)/t33-/m0/s1/i1D,2D. The molecule has 0 unspecified atom stereocenters. The predicted molar refractivity (Wildman–Crippen MR) is 174 cm³/mol. The van der Waals surface area contributed by atoms with Crippen molar-refractivity contribution in [1.82, 2.24) is 0 Å². The number of carbonyl (C=O) groups is 3. The Kier molecular flexibility index (Phi) is 22.1. The second-order valence-electron chi connectivity index (χ2n) is 13.0. The Labute approximate surface area is 261 Å². The van der Waals surface area contributed by atoms with Crippen molar-refractivity contribution in [2.75, 3.05) is 0 Å². The summed E-state index contributed by atoms with van der Waals surface area (Å²) >= 11 is 0. The summed E-state index contributed by atoms with van der Waals surface area (Å²) in [6, 6.07) is 0. The van der Waals surface area contributed by atoms with Crippen molar-refractivity contribution in [3.05, 3.63) is 0 Å². The van der Waals surface area contributed by atoms with Crippen LogP contribution in [0.3, 0.4) is 0 Å². The first-order chi connectivity index (χ1) is 21.1. The number of rotatable bonds is 31. The van der Waals surface area contributed by atoms with Crippen LogP contribution in [-0.2, 0) is 14.4 Å². The Morgan fingerprint density at radius 3 is 1.07 bits per heavy atom. The quantitative estimate of drug-likeness (QED) is 0.0541. The maximum absolute atomic E-state index is 13.3. The average molecular weight is 599 g/mol. The van der Waals surface area contributed by atoms with Crippen molar-refractivity contribution in [3.8, 4) is 0 Å². The Morgan fingerprint density at radius 2 is 0.810 bits per heavy atom. The minimum absolute atomic E-state index is 0.0133. The minimum atomic E-state index is -2.54. The Balaban J connectivity index is 4.51. The van der Waals surface area contributed by atoms with Crippen molar-refractivity contribution < 1.29 is 32.4 Å². The molecule has 6 nitrogen and oxygen atoms in total. The van der Waals surface area contributed by atoms with Crippen LogP contribution in [0, 0.1) is 5.41 Å². The molecule has 0 aliphatic rings. The van der Waals surface area contributed by atoms with Crippen LogP contribution in [0.15, 0.2) is 0 Å². The highest BCUT2D eigenvalue weighted by atomic mass is 16.4. The molecule has 0 radical (unpaired) electrons. The van der Waals surface area contributed by atoms with E-state index >= 15 is 0 Å². The van der Waals surface area contributed by atoms with Gasteiger partial charge in [0.05, 0.1) is 0 Å². The molecule has 248 valence electrons. The summed E-state index contributed by atoms with van der Waals surface area (Å²) in [6.45, 7) is 3.65. The molecule has 0 saturated carbocycles. The second-order valence-corrected chi connectivity index (χ2v) is 13.0. The molecule has 0 bridgehead atoms. The lowest BCUT2D eigenvalue weighted by Gasteiger charge is -2.41. The van der Waals surface area contributed by atoms with E-state index in [-0.39, 0.29) is 12.8 Å². The Bertz CT molecular complexity index is 700. The molecule has 3 N–H and O–H groups in total. The first kappa shape index (κ1) is 36.9. The lowest BCUT2D eigenvalue weighted by molar-refractivity contribution is -0.182. The van der Waals surface area contributed by atoms with E-state index in [1.165, 1.54) is 78.1 Å². The zero-order valence-corrected chi connectivity index (χ0v) is 27.4. The van der Waals surface area contributed by atoms with Crippen LogP contribution in [-0.4, -0.2) is 44.6 Å². The zero-order chi connectivity index (χ0) is 33.1. The molecule has 0 aromatic rings. The molecule has 0 rings (SSSR count). The number of carboxylic acid groups (broad SMARTS) is 1. The van der Waals surface area contributed by atoms with Gasteiger partial charge in [0.1, 0.15) is 0 Å². The highest BCUT2D eigenvalue weighted by Gasteiger charge is 2.58. The predicted octanol–water partition coefficient (Wildman–Crippen LogP) is 9.51. The summed E-state index contributed by atoms with van der Waals surface area (Å²) in [5, 5.41) is 31.4. The number of aliphatic hydroxyl groups is 2. The van der Waals surface area contributed by atoms with Crippen LogP contribution in [0.5, 0.6) is 0 Å². The summed E-state index contributed by atoms with van der Waals surface area (Å²) < 4.78 is 14.3. The zero-order valence-electron chi connectivity index (χ0n) is 29.4. The summed E-state index contributed by atoms with van der Waals surface area (Å²) in [5.41, 5.74) is -4.39. The third-order valence-corrected chi connectivity index (χ3v) is 8.96. The van der Waals surface area contributed by atoms with Gasteiger partial charge in [-0.15, -0.1) is 0 Å².